The predicted octanol–water partition coefficient (Wildman–Crippen LogP) is 4.54. The molecule has 0 saturated heterocycles. The van der Waals surface area contributed by atoms with Gasteiger partial charge in [-0.25, -0.2) is 0 Å². The average molecular weight is 388 g/mol. The molecular weight excluding hydrogens is 350 g/mol. The molecule has 0 aliphatic rings. The maximum Gasteiger partial charge on any atom is 0.220 e. The third-order valence-corrected chi connectivity index (χ3v) is 3.65. The summed E-state index contributed by atoms with van der Waals surface area (Å²) < 4.78 is 0. The Kier molecular flexibility index (Phi) is 19.5. The third-order valence-electron chi connectivity index (χ3n) is 3.65. The zero-order valence-electron chi connectivity index (χ0n) is 17.2. The van der Waals surface area contributed by atoms with E-state index in [-0.39, 0.29) is 12.5 Å². The molecule has 1 unspecified atom stereocenters. The molecule has 28 heavy (non-hydrogen) atoms. The molecule has 0 saturated carbocycles. The number of allylic oxidation sites excluding steroid dienone is 10. The van der Waals surface area contributed by atoms with E-state index in [0.717, 1.165) is 32.1 Å². The van der Waals surface area contributed by atoms with Crippen LogP contribution < -0.4 is 5.32 Å². The summed E-state index contributed by atoms with van der Waals surface area (Å²) in [6.07, 6.45) is 29.4. The van der Waals surface area contributed by atoms with Crippen molar-refractivity contribution in [2.45, 2.75) is 58.0 Å². The SMILES string of the molecule is CC/C=C\C=C\C(O)C/C=C\C/C=C\C/C=C\C/C=C\CCC(=O)NCCO. The fourth-order valence-electron chi connectivity index (χ4n) is 2.15. The van der Waals surface area contributed by atoms with E-state index in [1.807, 2.05) is 24.3 Å². The van der Waals surface area contributed by atoms with Gasteiger partial charge >= 0.3 is 0 Å². The minimum absolute atomic E-state index is 0.0188. The van der Waals surface area contributed by atoms with Gasteiger partial charge in [0.15, 0.2) is 0 Å². The van der Waals surface area contributed by atoms with Gasteiger partial charge in [0.05, 0.1) is 12.7 Å². The van der Waals surface area contributed by atoms with E-state index in [9.17, 15) is 9.90 Å². The summed E-state index contributed by atoms with van der Waals surface area (Å²) >= 11 is 0. The lowest BCUT2D eigenvalue weighted by Gasteiger charge is -1.99. The van der Waals surface area contributed by atoms with Crippen LogP contribution in [0, 0.1) is 0 Å². The number of carbonyl (C=O) groups is 1. The van der Waals surface area contributed by atoms with Crippen LogP contribution in [0.1, 0.15) is 51.9 Å². The summed E-state index contributed by atoms with van der Waals surface area (Å²) in [5.41, 5.74) is 0. The maximum atomic E-state index is 11.3. The second-order valence-electron chi connectivity index (χ2n) is 6.23. The minimum atomic E-state index is -0.423. The molecule has 0 heterocycles. The van der Waals surface area contributed by atoms with E-state index >= 15 is 0 Å². The van der Waals surface area contributed by atoms with Gasteiger partial charge in [0.1, 0.15) is 0 Å². The first kappa shape index (κ1) is 25.8. The van der Waals surface area contributed by atoms with Crippen LogP contribution >= 0.6 is 0 Å². The maximum absolute atomic E-state index is 11.3. The number of aliphatic hydroxyl groups is 2. The molecule has 4 heteroatoms. The van der Waals surface area contributed by atoms with Crippen molar-refractivity contribution in [2.24, 2.45) is 0 Å². The second kappa shape index (κ2) is 21.1. The average Bonchev–Trinajstić information content (AvgIpc) is 2.69. The normalized spacial score (nSPS) is 14.0. The van der Waals surface area contributed by atoms with Crippen molar-refractivity contribution in [3.8, 4) is 0 Å². The topological polar surface area (TPSA) is 69.6 Å². The number of hydrogen-bond donors (Lipinski definition) is 3. The van der Waals surface area contributed by atoms with Crippen molar-refractivity contribution in [2.75, 3.05) is 13.2 Å². The van der Waals surface area contributed by atoms with Crippen LogP contribution in [-0.2, 0) is 4.79 Å². The molecule has 0 aliphatic heterocycles. The first-order chi connectivity index (χ1) is 13.7. The highest BCUT2D eigenvalue weighted by atomic mass is 16.3. The summed E-state index contributed by atoms with van der Waals surface area (Å²) in [4.78, 5) is 11.3. The van der Waals surface area contributed by atoms with Crippen LogP contribution in [0.4, 0.5) is 0 Å². The van der Waals surface area contributed by atoms with Gasteiger partial charge in [0, 0.05) is 13.0 Å². The molecule has 3 N–H and O–H groups in total. The van der Waals surface area contributed by atoms with E-state index in [4.69, 9.17) is 5.11 Å². The van der Waals surface area contributed by atoms with Crippen molar-refractivity contribution in [1.29, 1.82) is 0 Å². The summed E-state index contributed by atoms with van der Waals surface area (Å²) in [6.45, 7) is 2.39. The number of aliphatic hydroxyl groups excluding tert-OH is 2. The van der Waals surface area contributed by atoms with E-state index in [1.165, 1.54) is 0 Å². The van der Waals surface area contributed by atoms with E-state index in [2.05, 4.69) is 54.8 Å². The second-order valence-corrected chi connectivity index (χ2v) is 6.23. The molecule has 0 fully saturated rings. The molecule has 0 rings (SSSR count). The molecule has 0 bridgehead atoms. The van der Waals surface area contributed by atoms with E-state index in [1.54, 1.807) is 6.08 Å². The van der Waals surface area contributed by atoms with Gasteiger partial charge in [0.2, 0.25) is 5.91 Å². The van der Waals surface area contributed by atoms with Gasteiger partial charge in [-0.3, -0.25) is 4.79 Å². The van der Waals surface area contributed by atoms with Crippen LogP contribution in [0.5, 0.6) is 0 Å². The molecule has 156 valence electrons. The monoisotopic (exact) mass is 387 g/mol. The number of nitrogens with one attached hydrogen (secondary N) is 1. The molecule has 0 aromatic heterocycles. The van der Waals surface area contributed by atoms with Crippen LogP contribution in [-0.4, -0.2) is 35.4 Å². The Morgan fingerprint density at radius 3 is 2.11 bits per heavy atom. The van der Waals surface area contributed by atoms with Crippen LogP contribution in [0.15, 0.2) is 72.9 Å². The Morgan fingerprint density at radius 2 is 1.50 bits per heavy atom. The Labute approximate surface area is 170 Å². The summed E-state index contributed by atoms with van der Waals surface area (Å²) in [7, 11) is 0. The number of hydrogen-bond acceptors (Lipinski definition) is 3. The van der Waals surface area contributed by atoms with Gasteiger partial charge in [-0.15, -0.1) is 0 Å². The molecule has 0 aromatic rings. The molecule has 0 aromatic carbocycles. The molecule has 4 nitrogen and oxygen atoms in total. The zero-order valence-corrected chi connectivity index (χ0v) is 17.2. The highest BCUT2D eigenvalue weighted by Crippen LogP contribution is 1.99. The predicted molar refractivity (Wildman–Crippen MR) is 119 cm³/mol. The van der Waals surface area contributed by atoms with Gasteiger partial charge in [-0.1, -0.05) is 79.8 Å². The molecule has 1 amide bonds. The van der Waals surface area contributed by atoms with Gasteiger partial charge < -0.3 is 15.5 Å². The van der Waals surface area contributed by atoms with E-state index < -0.39 is 6.10 Å². The van der Waals surface area contributed by atoms with Crippen molar-refractivity contribution in [1.82, 2.24) is 5.32 Å². The van der Waals surface area contributed by atoms with Crippen molar-refractivity contribution in [3.05, 3.63) is 72.9 Å². The summed E-state index contributed by atoms with van der Waals surface area (Å²) in [6, 6.07) is 0. The lowest BCUT2D eigenvalue weighted by Crippen LogP contribution is -2.25. The number of rotatable bonds is 16. The van der Waals surface area contributed by atoms with Crippen molar-refractivity contribution in [3.63, 3.8) is 0 Å². The first-order valence-electron chi connectivity index (χ1n) is 10.2. The van der Waals surface area contributed by atoms with Gasteiger partial charge in [-0.2, -0.15) is 0 Å². The summed E-state index contributed by atoms with van der Waals surface area (Å²) in [5, 5.41) is 21.0. The summed E-state index contributed by atoms with van der Waals surface area (Å²) in [5.74, 6) is -0.0245. The van der Waals surface area contributed by atoms with Crippen molar-refractivity contribution < 1.29 is 15.0 Å². The smallest absolute Gasteiger partial charge is 0.220 e. The van der Waals surface area contributed by atoms with Gasteiger partial charge in [-0.05, 0) is 38.5 Å². The number of carbonyl (C=O) groups excluding carboxylic acids is 1. The lowest BCUT2D eigenvalue weighted by atomic mass is 10.2. The number of amides is 1. The molecule has 0 aliphatic carbocycles. The third kappa shape index (κ3) is 20.1. The van der Waals surface area contributed by atoms with Crippen LogP contribution in [0.3, 0.4) is 0 Å². The van der Waals surface area contributed by atoms with E-state index in [0.29, 0.717) is 19.4 Å². The van der Waals surface area contributed by atoms with Gasteiger partial charge in [0.25, 0.3) is 0 Å². The first-order valence-corrected chi connectivity index (χ1v) is 10.2. The Morgan fingerprint density at radius 1 is 0.893 bits per heavy atom. The Bertz CT molecular complexity index is 542. The largest absolute Gasteiger partial charge is 0.395 e. The fourth-order valence-corrected chi connectivity index (χ4v) is 2.15. The Hall–Kier alpha value is -2.17. The lowest BCUT2D eigenvalue weighted by molar-refractivity contribution is -0.121. The standard InChI is InChI=1S/C24H37NO3/c1-2-3-4-15-18-23(27)19-16-13-11-9-7-5-6-8-10-12-14-17-20-24(28)25-21-22-26/h3-4,6-9,12-16,18,23,26-27H,2,5,10-11,17,19-22H2,1H3,(H,25,28)/b4-3-,8-6-,9-7-,14-12-,16-13-,18-15+. The molecule has 0 radical (unpaired) electrons. The Balaban J connectivity index is 3.65. The zero-order chi connectivity index (χ0) is 20.7. The minimum Gasteiger partial charge on any atom is -0.395 e. The quantitative estimate of drug-likeness (QED) is 0.269. The highest BCUT2D eigenvalue weighted by molar-refractivity contribution is 5.75. The van der Waals surface area contributed by atoms with Crippen LogP contribution in [0.25, 0.3) is 0 Å². The molecular formula is C24H37NO3. The molecule has 0 spiro atoms. The highest BCUT2D eigenvalue weighted by Gasteiger charge is 1.96. The van der Waals surface area contributed by atoms with Crippen molar-refractivity contribution >= 4 is 5.91 Å². The van der Waals surface area contributed by atoms with Crippen LogP contribution in [0.2, 0.25) is 0 Å². The molecule has 1 atom stereocenters. The fraction of sp³-hybridized carbons (Fsp3) is 0.458.